The second-order valence-electron chi connectivity index (χ2n) is 1.06. The Balaban J connectivity index is 0. The third-order valence-electron chi connectivity index (χ3n) is 0.213. The van der Waals surface area contributed by atoms with Crippen molar-refractivity contribution in [1.82, 2.24) is 0 Å². The van der Waals surface area contributed by atoms with E-state index in [-0.39, 0.29) is 24.0 Å². The van der Waals surface area contributed by atoms with Crippen molar-refractivity contribution in [2.75, 3.05) is 0 Å². The molecule has 4 N–H and O–H groups in total. The molecule has 0 radical (unpaired) electrons. The highest BCUT2D eigenvalue weighted by atomic mass is 127. The van der Waals surface area contributed by atoms with Crippen molar-refractivity contribution in [3.8, 4) is 0 Å². The van der Waals surface area contributed by atoms with Gasteiger partial charge in [-0.15, -0.1) is 24.0 Å². The van der Waals surface area contributed by atoms with E-state index >= 15 is 0 Å². The molecule has 10 heteroatoms. The number of hydrogen-bond donors (Lipinski definition) is 4. The highest BCUT2D eigenvalue weighted by Gasteiger charge is 2.27. The first-order valence-electron chi connectivity index (χ1n) is 1.53. The molecule has 0 aromatic heterocycles. The van der Waals surface area contributed by atoms with Crippen LogP contribution in [0.4, 0.5) is 0 Å². The first kappa shape index (κ1) is 13.6. The Bertz CT molecular complexity index is 152. The molecule has 0 amide bonds. The van der Waals surface area contributed by atoms with Crippen LogP contribution in [0.25, 0.3) is 0 Å². The summed E-state index contributed by atoms with van der Waals surface area (Å²) in [6.07, 6.45) is 0. The van der Waals surface area contributed by atoms with E-state index < -0.39 is 15.6 Å². The van der Waals surface area contributed by atoms with Crippen molar-refractivity contribution in [3.05, 3.63) is 0 Å². The second kappa shape index (κ2) is 4.13. The maximum atomic E-state index is 9.63. The number of phosphoric acid groups is 2. The SMILES string of the molecule is I.O=P(O)(O)OP(=O)(O)O. The lowest BCUT2D eigenvalue weighted by molar-refractivity contribution is 0.225. The highest BCUT2D eigenvalue weighted by Crippen LogP contribution is 2.53. The molecule has 0 saturated carbocycles. The van der Waals surface area contributed by atoms with Gasteiger partial charge in [-0.1, -0.05) is 0 Å². The summed E-state index contributed by atoms with van der Waals surface area (Å²) in [6.45, 7) is 0. The lowest BCUT2D eigenvalue weighted by Crippen LogP contribution is -1.84. The lowest BCUT2D eigenvalue weighted by atomic mass is 15.7. The Morgan fingerprint density at radius 2 is 1.10 bits per heavy atom. The molecule has 0 atom stereocenters. The van der Waals surface area contributed by atoms with E-state index in [2.05, 4.69) is 4.31 Å². The summed E-state index contributed by atoms with van der Waals surface area (Å²) in [7, 11) is -10.1. The van der Waals surface area contributed by atoms with Crippen LogP contribution in [0, 0.1) is 0 Å². The van der Waals surface area contributed by atoms with Crippen LogP contribution in [0.15, 0.2) is 0 Å². The summed E-state index contributed by atoms with van der Waals surface area (Å²) < 4.78 is 22.2. The van der Waals surface area contributed by atoms with E-state index in [1.54, 1.807) is 0 Å². The standard InChI is InChI=1S/HI.H4O7P2/c;1-8(2,3)7-9(4,5)6/h1H;(H2,1,2,3)(H2,4,5,6). The van der Waals surface area contributed by atoms with Gasteiger partial charge < -0.3 is 19.6 Å². The maximum Gasteiger partial charge on any atom is 0.478 e. The van der Waals surface area contributed by atoms with Gasteiger partial charge in [0.05, 0.1) is 0 Å². The Kier molecular flexibility index (Phi) is 5.60. The number of hydrogen-bond acceptors (Lipinski definition) is 3. The molecule has 0 aromatic rings. The molecule has 0 aromatic carbocycles. The molecular weight excluding hydrogens is 301 g/mol. The van der Waals surface area contributed by atoms with E-state index in [4.69, 9.17) is 19.6 Å². The zero-order valence-corrected chi connectivity index (χ0v) is 8.44. The smallest absolute Gasteiger partial charge is 0.302 e. The topological polar surface area (TPSA) is 124 Å². The van der Waals surface area contributed by atoms with Crippen molar-refractivity contribution in [1.29, 1.82) is 0 Å². The summed E-state index contributed by atoms with van der Waals surface area (Å²) in [4.78, 5) is 31.0. The van der Waals surface area contributed by atoms with Crippen molar-refractivity contribution < 1.29 is 33.0 Å². The van der Waals surface area contributed by atoms with Gasteiger partial charge in [0.15, 0.2) is 0 Å². The van der Waals surface area contributed by atoms with Gasteiger partial charge in [-0.05, 0) is 0 Å². The summed E-state index contributed by atoms with van der Waals surface area (Å²) in [6, 6.07) is 0. The Hall–Kier alpha value is 0.990. The molecule has 0 saturated heterocycles. The van der Waals surface area contributed by atoms with Crippen LogP contribution in [0.2, 0.25) is 0 Å². The third kappa shape index (κ3) is 11.7. The van der Waals surface area contributed by atoms with Gasteiger partial charge in [-0.3, -0.25) is 0 Å². The van der Waals surface area contributed by atoms with E-state index in [0.29, 0.717) is 0 Å². The molecule has 0 aliphatic rings. The average molecular weight is 306 g/mol. The summed E-state index contributed by atoms with van der Waals surface area (Å²) in [5.41, 5.74) is 0. The molecule has 0 fully saturated rings. The van der Waals surface area contributed by atoms with Crippen molar-refractivity contribution >= 4 is 39.6 Å². The lowest BCUT2D eigenvalue weighted by Gasteiger charge is -2.03. The molecule has 64 valence electrons. The molecule has 0 aliphatic heterocycles. The zero-order chi connectivity index (χ0) is 7.71. The van der Waals surface area contributed by atoms with Crippen LogP contribution in [-0.4, -0.2) is 19.6 Å². The summed E-state index contributed by atoms with van der Waals surface area (Å²) >= 11 is 0. The molecule has 10 heavy (non-hydrogen) atoms. The summed E-state index contributed by atoms with van der Waals surface area (Å²) in [5, 5.41) is 0. The van der Waals surface area contributed by atoms with Gasteiger partial charge in [0.1, 0.15) is 0 Å². The van der Waals surface area contributed by atoms with Gasteiger partial charge in [-0.2, -0.15) is 4.31 Å². The molecule has 0 heterocycles. The van der Waals surface area contributed by atoms with Crippen LogP contribution in [0.1, 0.15) is 0 Å². The minimum absolute atomic E-state index is 0. The molecule has 7 nitrogen and oxygen atoms in total. The van der Waals surface area contributed by atoms with Gasteiger partial charge in [-0.25, -0.2) is 9.13 Å². The molecule has 0 rings (SSSR count). The minimum atomic E-state index is -5.05. The fourth-order valence-electron chi connectivity index (χ4n) is 0.139. The normalized spacial score (nSPS) is 12.4. The Labute approximate surface area is 72.9 Å². The summed E-state index contributed by atoms with van der Waals surface area (Å²) in [5.74, 6) is 0. The maximum absolute atomic E-state index is 9.63. The molecule has 0 aliphatic carbocycles. The largest absolute Gasteiger partial charge is 0.478 e. The average Bonchev–Trinajstić information content (AvgIpc) is 1.14. The Morgan fingerprint density at radius 1 is 0.900 bits per heavy atom. The quantitative estimate of drug-likeness (QED) is 0.411. The van der Waals surface area contributed by atoms with E-state index in [9.17, 15) is 9.13 Å². The molecule has 0 bridgehead atoms. The van der Waals surface area contributed by atoms with Gasteiger partial charge in [0, 0.05) is 0 Å². The molecular formula is H5IO7P2. The van der Waals surface area contributed by atoms with Crippen LogP contribution in [-0.2, 0) is 13.4 Å². The van der Waals surface area contributed by atoms with Crippen LogP contribution < -0.4 is 0 Å². The molecule has 0 unspecified atom stereocenters. The fraction of sp³-hybridized carbons (Fsp3) is 0. The predicted molar refractivity (Wildman–Crippen MR) is 40.6 cm³/mol. The monoisotopic (exact) mass is 306 g/mol. The highest BCUT2D eigenvalue weighted by molar-refractivity contribution is 14.0. The van der Waals surface area contributed by atoms with Gasteiger partial charge in [0.25, 0.3) is 0 Å². The van der Waals surface area contributed by atoms with E-state index in [1.807, 2.05) is 0 Å². The minimum Gasteiger partial charge on any atom is -0.302 e. The van der Waals surface area contributed by atoms with E-state index in [1.165, 1.54) is 0 Å². The third-order valence-corrected chi connectivity index (χ3v) is 1.91. The number of rotatable bonds is 2. The first-order chi connectivity index (χ1) is 3.71. The fourth-order valence-corrected chi connectivity index (χ4v) is 1.25. The first-order valence-corrected chi connectivity index (χ1v) is 4.59. The Morgan fingerprint density at radius 3 is 1.10 bits per heavy atom. The van der Waals surface area contributed by atoms with Gasteiger partial charge >= 0.3 is 15.6 Å². The van der Waals surface area contributed by atoms with Gasteiger partial charge in [0.2, 0.25) is 0 Å². The van der Waals surface area contributed by atoms with Crippen LogP contribution in [0.3, 0.4) is 0 Å². The van der Waals surface area contributed by atoms with Crippen LogP contribution in [0.5, 0.6) is 0 Å². The van der Waals surface area contributed by atoms with Crippen LogP contribution >= 0.6 is 39.6 Å². The number of halogens is 1. The predicted octanol–water partition coefficient (Wildman–Crippen LogP) is -0.194. The van der Waals surface area contributed by atoms with Crippen molar-refractivity contribution in [3.63, 3.8) is 0 Å². The second-order valence-corrected chi connectivity index (χ2v) is 3.68. The molecule has 0 spiro atoms. The zero-order valence-electron chi connectivity index (χ0n) is 4.32. The van der Waals surface area contributed by atoms with Crippen molar-refractivity contribution in [2.24, 2.45) is 0 Å². The van der Waals surface area contributed by atoms with E-state index in [0.717, 1.165) is 0 Å². The van der Waals surface area contributed by atoms with Crippen molar-refractivity contribution in [2.45, 2.75) is 0 Å².